The van der Waals surface area contributed by atoms with Crippen molar-refractivity contribution >= 4 is 48.3 Å². The first kappa shape index (κ1) is 30.1. The first-order chi connectivity index (χ1) is 15.4. The van der Waals surface area contributed by atoms with Gasteiger partial charge in [-0.3, -0.25) is 24.0 Å². The number of hydrogen-bond donors (Lipinski definition) is 9. The number of nitrogens with one attached hydrogen (secondary N) is 3. The second-order valence-electron chi connectivity index (χ2n) is 7.13. The van der Waals surface area contributed by atoms with E-state index < -0.39 is 72.6 Å². The van der Waals surface area contributed by atoms with E-state index in [0.717, 1.165) is 0 Å². The summed E-state index contributed by atoms with van der Waals surface area (Å²) < 4.78 is 0. The Kier molecular flexibility index (Phi) is 14.4. The molecule has 0 bridgehead atoms. The summed E-state index contributed by atoms with van der Waals surface area (Å²) in [5, 5.41) is 33.6. The molecule has 0 spiro atoms. The number of unbranched alkanes of at least 4 members (excludes halogenated alkanes) is 1. The SMILES string of the molecule is NCCCCC(NC(=O)C(CS)NC(=O)C(CCC(=O)O)NC(=O)C(N)CC(=O)O)C(=O)O. The molecule has 0 heterocycles. The monoisotopic (exact) mass is 493 g/mol. The molecule has 0 rings (SSSR count). The van der Waals surface area contributed by atoms with Gasteiger partial charge in [0.1, 0.15) is 18.1 Å². The van der Waals surface area contributed by atoms with Crippen molar-refractivity contribution in [3.63, 3.8) is 0 Å². The number of carboxylic acids is 3. The fourth-order valence-corrected chi connectivity index (χ4v) is 2.84. The van der Waals surface area contributed by atoms with E-state index in [1.807, 2.05) is 0 Å². The Morgan fingerprint density at radius 3 is 1.79 bits per heavy atom. The Hall–Kier alpha value is -2.91. The molecule has 4 atom stereocenters. The topological polar surface area (TPSA) is 251 Å². The smallest absolute Gasteiger partial charge is 0.326 e. The van der Waals surface area contributed by atoms with Gasteiger partial charge in [0, 0.05) is 12.2 Å². The second kappa shape index (κ2) is 15.8. The van der Waals surface area contributed by atoms with E-state index in [4.69, 9.17) is 21.7 Å². The quantitative estimate of drug-likeness (QED) is 0.0741. The van der Waals surface area contributed by atoms with Crippen molar-refractivity contribution in [2.45, 2.75) is 62.7 Å². The van der Waals surface area contributed by atoms with Crippen molar-refractivity contribution in [2.75, 3.05) is 12.3 Å². The van der Waals surface area contributed by atoms with Gasteiger partial charge in [-0.1, -0.05) is 0 Å². The molecular formula is C18H31N5O9S. The van der Waals surface area contributed by atoms with Crippen molar-refractivity contribution in [3.8, 4) is 0 Å². The molecule has 15 heteroatoms. The van der Waals surface area contributed by atoms with Crippen molar-refractivity contribution in [1.82, 2.24) is 16.0 Å². The zero-order valence-corrected chi connectivity index (χ0v) is 18.8. The average molecular weight is 494 g/mol. The summed E-state index contributed by atoms with van der Waals surface area (Å²) in [6.45, 7) is 0.356. The number of thiol groups is 1. The lowest BCUT2D eigenvalue weighted by Crippen LogP contribution is -2.57. The maximum Gasteiger partial charge on any atom is 0.326 e. The third kappa shape index (κ3) is 12.6. The molecule has 14 nitrogen and oxygen atoms in total. The Labute approximate surface area is 195 Å². The predicted octanol–water partition coefficient (Wildman–Crippen LogP) is -2.75. The summed E-state index contributed by atoms with van der Waals surface area (Å²) in [5.74, 6) is -6.91. The van der Waals surface area contributed by atoms with Crippen LogP contribution < -0.4 is 27.4 Å². The highest BCUT2D eigenvalue weighted by molar-refractivity contribution is 7.80. The minimum Gasteiger partial charge on any atom is -0.481 e. The van der Waals surface area contributed by atoms with Crippen LogP contribution in [-0.4, -0.2) is 87.4 Å². The molecule has 0 aliphatic heterocycles. The summed E-state index contributed by atoms with van der Waals surface area (Å²) in [6, 6.07) is -5.45. The number of rotatable bonds is 17. The normalized spacial score (nSPS) is 14.3. The van der Waals surface area contributed by atoms with E-state index in [1.165, 1.54) is 0 Å². The molecule has 0 aromatic heterocycles. The van der Waals surface area contributed by atoms with Gasteiger partial charge < -0.3 is 42.7 Å². The van der Waals surface area contributed by atoms with Crippen molar-refractivity contribution in [1.29, 1.82) is 0 Å². The van der Waals surface area contributed by atoms with Gasteiger partial charge >= 0.3 is 17.9 Å². The lowest BCUT2D eigenvalue weighted by atomic mass is 10.1. The van der Waals surface area contributed by atoms with Crippen LogP contribution in [0.1, 0.15) is 38.5 Å². The summed E-state index contributed by atoms with van der Waals surface area (Å²) in [6.07, 6.45) is -0.490. The molecule has 0 aromatic rings. The molecule has 0 aromatic carbocycles. The third-order valence-electron chi connectivity index (χ3n) is 4.39. The van der Waals surface area contributed by atoms with E-state index in [1.54, 1.807) is 0 Å². The molecule has 4 unspecified atom stereocenters. The lowest BCUT2D eigenvalue weighted by molar-refractivity contribution is -0.142. The first-order valence-electron chi connectivity index (χ1n) is 10.1. The highest BCUT2D eigenvalue weighted by atomic mass is 32.1. The van der Waals surface area contributed by atoms with Crippen LogP contribution in [-0.2, 0) is 28.8 Å². The number of carbonyl (C=O) groups is 6. The van der Waals surface area contributed by atoms with Crippen LogP contribution in [0.2, 0.25) is 0 Å². The predicted molar refractivity (Wildman–Crippen MR) is 117 cm³/mol. The number of hydrogen-bond acceptors (Lipinski definition) is 9. The fourth-order valence-electron chi connectivity index (χ4n) is 2.59. The molecule has 0 saturated heterocycles. The van der Waals surface area contributed by atoms with E-state index in [2.05, 4.69) is 28.6 Å². The van der Waals surface area contributed by atoms with Crippen LogP contribution in [0, 0.1) is 0 Å². The average Bonchev–Trinajstić information content (AvgIpc) is 2.72. The van der Waals surface area contributed by atoms with Crippen molar-refractivity contribution in [2.24, 2.45) is 11.5 Å². The maximum absolute atomic E-state index is 12.6. The van der Waals surface area contributed by atoms with E-state index in [0.29, 0.717) is 19.4 Å². The van der Waals surface area contributed by atoms with Crippen LogP contribution in [0.5, 0.6) is 0 Å². The molecule has 33 heavy (non-hydrogen) atoms. The molecule has 10 N–H and O–H groups in total. The molecule has 0 aliphatic carbocycles. The van der Waals surface area contributed by atoms with Gasteiger partial charge in [-0.15, -0.1) is 0 Å². The summed E-state index contributed by atoms with van der Waals surface area (Å²) >= 11 is 3.98. The Morgan fingerprint density at radius 1 is 0.758 bits per heavy atom. The zero-order chi connectivity index (χ0) is 25.6. The Bertz CT molecular complexity index is 721. The standard InChI is InChI=1S/C18H31N5O9S/c19-6-2-1-3-11(18(31)32)22-17(30)12(8-33)23-16(29)10(4-5-13(24)25)21-15(28)9(20)7-14(26)27/h9-12,33H,1-8,19-20H2,(H,21,28)(H,22,30)(H,23,29)(H,24,25)(H,26,27)(H,31,32). The van der Waals surface area contributed by atoms with Gasteiger partial charge in [-0.25, -0.2) is 4.79 Å². The molecular weight excluding hydrogens is 462 g/mol. The highest BCUT2D eigenvalue weighted by Gasteiger charge is 2.30. The van der Waals surface area contributed by atoms with Crippen LogP contribution in [0.15, 0.2) is 0 Å². The number of nitrogens with two attached hydrogens (primary N) is 2. The summed E-state index contributed by atoms with van der Waals surface area (Å²) in [4.78, 5) is 70.1. The van der Waals surface area contributed by atoms with E-state index >= 15 is 0 Å². The minimum absolute atomic E-state index is 0.115. The largest absolute Gasteiger partial charge is 0.481 e. The molecule has 0 aliphatic rings. The van der Waals surface area contributed by atoms with Gasteiger partial charge in [-0.2, -0.15) is 12.6 Å². The van der Waals surface area contributed by atoms with Crippen LogP contribution in [0.3, 0.4) is 0 Å². The van der Waals surface area contributed by atoms with E-state index in [-0.39, 0.29) is 18.6 Å². The van der Waals surface area contributed by atoms with Crippen LogP contribution >= 0.6 is 12.6 Å². The van der Waals surface area contributed by atoms with E-state index in [9.17, 15) is 33.9 Å². The van der Waals surface area contributed by atoms with Crippen molar-refractivity contribution < 1.29 is 44.1 Å². The van der Waals surface area contributed by atoms with Gasteiger partial charge in [0.25, 0.3) is 0 Å². The minimum atomic E-state index is -1.49. The van der Waals surface area contributed by atoms with Gasteiger partial charge in [0.15, 0.2) is 0 Å². The third-order valence-corrected chi connectivity index (χ3v) is 4.75. The lowest BCUT2D eigenvalue weighted by Gasteiger charge is -2.24. The maximum atomic E-state index is 12.6. The Morgan fingerprint density at radius 2 is 1.30 bits per heavy atom. The molecule has 0 fully saturated rings. The zero-order valence-electron chi connectivity index (χ0n) is 17.9. The van der Waals surface area contributed by atoms with Gasteiger partial charge in [0.05, 0.1) is 12.5 Å². The summed E-state index contributed by atoms with van der Waals surface area (Å²) in [7, 11) is 0. The molecule has 0 saturated carbocycles. The molecule has 3 amide bonds. The van der Waals surface area contributed by atoms with Crippen LogP contribution in [0.25, 0.3) is 0 Å². The number of aliphatic carboxylic acids is 3. The van der Waals surface area contributed by atoms with Crippen LogP contribution in [0.4, 0.5) is 0 Å². The Balaban J connectivity index is 5.26. The fraction of sp³-hybridized carbons (Fsp3) is 0.667. The molecule has 0 radical (unpaired) electrons. The van der Waals surface area contributed by atoms with Gasteiger partial charge in [0.2, 0.25) is 17.7 Å². The number of amides is 3. The summed E-state index contributed by atoms with van der Waals surface area (Å²) in [5.41, 5.74) is 10.8. The highest BCUT2D eigenvalue weighted by Crippen LogP contribution is 2.04. The van der Waals surface area contributed by atoms with Gasteiger partial charge in [-0.05, 0) is 32.2 Å². The molecule has 188 valence electrons. The number of carboxylic acid groups (broad SMARTS) is 3. The van der Waals surface area contributed by atoms with Crippen molar-refractivity contribution in [3.05, 3.63) is 0 Å². The second-order valence-corrected chi connectivity index (χ2v) is 7.49. The first-order valence-corrected chi connectivity index (χ1v) is 10.7. The number of carbonyl (C=O) groups excluding carboxylic acids is 3.